The first-order chi connectivity index (χ1) is 15.7. The Labute approximate surface area is 196 Å². The van der Waals surface area contributed by atoms with Gasteiger partial charge < -0.3 is 9.47 Å². The highest BCUT2D eigenvalue weighted by molar-refractivity contribution is 5.75. The summed E-state index contributed by atoms with van der Waals surface area (Å²) < 4.78 is 11.1. The van der Waals surface area contributed by atoms with Gasteiger partial charge in [0.1, 0.15) is 11.5 Å². The molecule has 0 amide bonds. The molecule has 0 spiro atoms. The fourth-order valence-corrected chi connectivity index (χ4v) is 5.96. The standard InChI is InChI=1S/C29H46O3/c1-3-5-6-7-8-9-10-23-11-13-24(14-12-23)25-15-17-26(18-16-25)29(30)32-28-21-19-27(20-22-28)31-4-2/h19-26H,3-18H2,1-2H3. The summed E-state index contributed by atoms with van der Waals surface area (Å²) in [5, 5.41) is 0. The lowest BCUT2D eigenvalue weighted by atomic mass is 9.68. The number of carbonyl (C=O) groups excluding carboxylic acids is 1. The van der Waals surface area contributed by atoms with Crippen molar-refractivity contribution in [3.8, 4) is 11.5 Å². The second kappa shape index (κ2) is 13.9. The minimum atomic E-state index is -0.0461. The molecule has 3 heteroatoms. The fraction of sp³-hybridized carbons (Fsp3) is 0.759. The minimum absolute atomic E-state index is 0.0461. The first-order valence-electron chi connectivity index (χ1n) is 13.6. The van der Waals surface area contributed by atoms with Gasteiger partial charge in [-0.2, -0.15) is 0 Å². The minimum Gasteiger partial charge on any atom is -0.494 e. The molecule has 2 aliphatic carbocycles. The predicted octanol–water partition coefficient (Wildman–Crippen LogP) is 8.35. The van der Waals surface area contributed by atoms with Crippen LogP contribution in [0.25, 0.3) is 0 Å². The van der Waals surface area contributed by atoms with Crippen molar-refractivity contribution >= 4 is 5.97 Å². The number of esters is 1. The molecule has 180 valence electrons. The molecule has 2 saturated carbocycles. The zero-order chi connectivity index (χ0) is 22.6. The Morgan fingerprint density at radius 3 is 1.94 bits per heavy atom. The van der Waals surface area contributed by atoms with Crippen LogP contribution in [0.1, 0.15) is 110 Å². The molecule has 3 nitrogen and oxygen atoms in total. The van der Waals surface area contributed by atoms with Gasteiger partial charge in [-0.05, 0) is 87.5 Å². The molecule has 0 N–H and O–H groups in total. The maximum atomic E-state index is 12.6. The number of rotatable bonds is 12. The van der Waals surface area contributed by atoms with Gasteiger partial charge in [-0.1, -0.05) is 64.7 Å². The maximum absolute atomic E-state index is 12.6. The summed E-state index contributed by atoms with van der Waals surface area (Å²) in [7, 11) is 0. The SMILES string of the molecule is CCCCCCCCC1CCC(C2CCC(C(=O)Oc3ccc(OCC)cc3)CC2)CC1. The number of benzene rings is 1. The number of hydrogen-bond acceptors (Lipinski definition) is 3. The van der Waals surface area contributed by atoms with Crippen molar-refractivity contribution in [2.24, 2.45) is 23.7 Å². The normalized spacial score (nSPS) is 25.9. The Kier molecular flexibility index (Phi) is 10.9. The van der Waals surface area contributed by atoms with Gasteiger partial charge in [0.2, 0.25) is 0 Å². The Balaban J connectivity index is 1.30. The second-order valence-electron chi connectivity index (χ2n) is 10.3. The van der Waals surface area contributed by atoms with Gasteiger partial charge in [0.15, 0.2) is 0 Å². The van der Waals surface area contributed by atoms with E-state index < -0.39 is 0 Å². The molecule has 1 aromatic carbocycles. The monoisotopic (exact) mass is 442 g/mol. The maximum Gasteiger partial charge on any atom is 0.314 e. The molecular formula is C29H46O3. The highest BCUT2D eigenvalue weighted by Crippen LogP contribution is 2.42. The van der Waals surface area contributed by atoms with E-state index >= 15 is 0 Å². The molecule has 0 atom stereocenters. The molecule has 0 unspecified atom stereocenters. The van der Waals surface area contributed by atoms with Crippen molar-refractivity contribution in [3.05, 3.63) is 24.3 Å². The van der Waals surface area contributed by atoms with E-state index in [0.717, 1.165) is 36.3 Å². The lowest BCUT2D eigenvalue weighted by Gasteiger charge is -2.37. The lowest BCUT2D eigenvalue weighted by molar-refractivity contribution is -0.140. The van der Waals surface area contributed by atoms with E-state index in [1.54, 1.807) is 0 Å². The van der Waals surface area contributed by atoms with Gasteiger partial charge in [0.25, 0.3) is 0 Å². The van der Waals surface area contributed by atoms with Crippen LogP contribution in [0.3, 0.4) is 0 Å². The molecule has 0 saturated heterocycles. The third-order valence-corrected chi connectivity index (χ3v) is 7.98. The topological polar surface area (TPSA) is 35.5 Å². The number of hydrogen-bond donors (Lipinski definition) is 0. The molecule has 0 aliphatic heterocycles. The summed E-state index contributed by atoms with van der Waals surface area (Å²) in [6.45, 7) is 4.90. The van der Waals surface area contributed by atoms with E-state index in [-0.39, 0.29) is 11.9 Å². The first-order valence-corrected chi connectivity index (χ1v) is 13.6. The molecule has 0 aromatic heterocycles. The molecule has 3 rings (SSSR count). The zero-order valence-electron chi connectivity index (χ0n) is 20.7. The molecule has 0 radical (unpaired) electrons. The van der Waals surface area contributed by atoms with Crippen LogP contribution in [-0.2, 0) is 4.79 Å². The molecule has 0 heterocycles. The fourth-order valence-electron chi connectivity index (χ4n) is 5.96. The van der Waals surface area contributed by atoms with Crippen LogP contribution >= 0.6 is 0 Å². The van der Waals surface area contributed by atoms with Crippen molar-refractivity contribution in [3.63, 3.8) is 0 Å². The summed E-state index contributed by atoms with van der Waals surface area (Å²) in [5.74, 6) is 4.19. The molecular weight excluding hydrogens is 396 g/mol. The largest absolute Gasteiger partial charge is 0.494 e. The Bertz CT molecular complexity index is 637. The van der Waals surface area contributed by atoms with Crippen LogP contribution < -0.4 is 9.47 Å². The quantitative estimate of drug-likeness (QED) is 0.185. The van der Waals surface area contributed by atoms with Crippen molar-refractivity contribution in [1.82, 2.24) is 0 Å². The predicted molar refractivity (Wildman–Crippen MR) is 132 cm³/mol. The summed E-state index contributed by atoms with van der Waals surface area (Å²) >= 11 is 0. The number of unbranched alkanes of at least 4 members (excludes halogenated alkanes) is 5. The summed E-state index contributed by atoms with van der Waals surface area (Å²) in [6.07, 6.45) is 20.1. The van der Waals surface area contributed by atoms with Crippen LogP contribution in [0.15, 0.2) is 24.3 Å². The number of ether oxygens (including phenoxy) is 2. The van der Waals surface area contributed by atoms with Crippen LogP contribution in [0, 0.1) is 23.7 Å². The molecule has 32 heavy (non-hydrogen) atoms. The van der Waals surface area contributed by atoms with E-state index in [4.69, 9.17) is 9.47 Å². The average molecular weight is 443 g/mol. The van der Waals surface area contributed by atoms with Gasteiger partial charge in [-0.15, -0.1) is 0 Å². The third kappa shape index (κ3) is 8.12. The Hall–Kier alpha value is -1.51. The van der Waals surface area contributed by atoms with Crippen LogP contribution in [-0.4, -0.2) is 12.6 Å². The Morgan fingerprint density at radius 2 is 1.31 bits per heavy atom. The van der Waals surface area contributed by atoms with Crippen LogP contribution in [0.2, 0.25) is 0 Å². The average Bonchev–Trinajstić information content (AvgIpc) is 2.83. The van der Waals surface area contributed by atoms with Crippen molar-refractivity contribution in [2.45, 2.75) is 110 Å². The third-order valence-electron chi connectivity index (χ3n) is 7.98. The zero-order valence-corrected chi connectivity index (χ0v) is 20.7. The highest BCUT2D eigenvalue weighted by Gasteiger charge is 2.33. The highest BCUT2D eigenvalue weighted by atomic mass is 16.5. The summed E-state index contributed by atoms with van der Waals surface area (Å²) in [4.78, 5) is 12.6. The van der Waals surface area contributed by atoms with Crippen molar-refractivity contribution in [1.29, 1.82) is 0 Å². The molecule has 2 fully saturated rings. The van der Waals surface area contributed by atoms with Gasteiger partial charge in [0, 0.05) is 0 Å². The smallest absolute Gasteiger partial charge is 0.314 e. The van der Waals surface area contributed by atoms with Crippen molar-refractivity contribution < 1.29 is 14.3 Å². The first kappa shape index (κ1) is 25.1. The Morgan fingerprint density at radius 1 is 0.750 bits per heavy atom. The van der Waals surface area contributed by atoms with Gasteiger partial charge in [0.05, 0.1) is 12.5 Å². The molecule has 1 aromatic rings. The van der Waals surface area contributed by atoms with Crippen molar-refractivity contribution in [2.75, 3.05) is 6.61 Å². The van der Waals surface area contributed by atoms with E-state index in [1.165, 1.54) is 83.5 Å². The summed E-state index contributed by atoms with van der Waals surface area (Å²) in [5.41, 5.74) is 0. The molecule has 2 aliphatic rings. The van der Waals surface area contributed by atoms with Crippen LogP contribution in [0.5, 0.6) is 11.5 Å². The summed E-state index contributed by atoms with van der Waals surface area (Å²) in [6, 6.07) is 7.40. The number of carbonyl (C=O) groups is 1. The van der Waals surface area contributed by atoms with Gasteiger partial charge >= 0.3 is 5.97 Å². The van der Waals surface area contributed by atoms with E-state index in [0.29, 0.717) is 12.4 Å². The van der Waals surface area contributed by atoms with E-state index in [2.05, 4.69) is 6.92 Å². The second-order valence-corrected chi connectivity index (χ2v) is 10.3. The van der Waals surface area contributed by atoms with Gasteiger partial charge in [-0.25, -0.2) is 0 Å². The van der Waals surface area contributed by atoms with E-state index in [1.807, 2.05) is 31.2 Å². The lowest BCUT2D eigenvalue weighted by Crippen LogP contribution is -2.30. The van der Waals surface area contributed by atoms with Crippen LogP contribution in [0.4, 0.5) is 0 Å². The van der Waals surface area contributed by atoms with E-state index in [9.17, 15) is 4.79 Å². The molecule has 0 bridgehead atoms. The van der Waals surface area contributed by atoms with Gasteiger partial charge in [-0.3, -0.25) is 4.79 Å².